The van der Waals surface area contributed by atoms with Gasteiger partial charge in [-0.3, -0.25) is 4.79 Å². The molecule has 0 fully saturated rings. The number of hydrogen-bond acceptors (Lipinski definition) is 3. The van der Waals surface area contributed by atoms with Gasteiger partial charge >= 0.3 is 12.0 Å². The highest BCUT2D eigenvalue weighted by Crippen LogP contribution is 2.02. The molecule has 0 aliphatic carbocycles. The van der Waals surface area contributed by atoms with E-state index in [1.54, 1.807) is 14.0 Å². The third kappa shape index (κ3) is 7.89. The van der Waals surface area contributed by atoms with E-state index in [1.807, 2.05) is 0 Å². The fraction of sp³-hybridized carbons (Fsp3) is 0.833. The smallest absolute Gasteiger partial charge is 0.317 e. The number of carbonyl (C=O) groups excluding carboxylic acids is 1. The lowest BCUT2D eigenvalue weighted by Crippen LogP contribution is -2.44. The van der Waals surface area contributed by atoms with Crippen LogP contribution in [0.15, 0.2) is 0 Å². The molecule has 0 spiro atoms. The van der Waals surface area contributed by atoms with Crippen LogP contribution in [0.2, 0.25) is 0 Å². The first-order chi connectivity index (χ1) is 8.49. The average Bonchev–Trinajstić information content (AvgIpc) is 2.35. The predicted molar refractivity (Wildman–Crippen MR) is 68.4 cm³/mol. The molecule has 0 bridgehead atoms. The molecule has 0 rings (SSSR count). The van der Waals surface area contributed by atoms with E-state index < -0.39 is 5.97 Å². The zero-order valence-electron chi connectivity index (χ0n) is 11.2. The van der Waals surface area contributed by atoms with E-state index >= 15 is 0 Å². The van der Waals surface area contributed by atoms with Gasteiger partial charge in [-0.15, -0.1) is 0 Å². The van der Waals surface area contributed by atoms with Gasteiger partial charge in [0.1, 0.15) is 0 Å². The van der Waals surface area contributed by atoms with Gasteiger partial charge in [0.25, 0.3) is 0 Å². The molecule has 6 heteroatoms. The Hall–Kier alpha value is -1.30. The number of urea groups is 1. The van der Waals surface area contributed by atoms with E-state index in [9.17, 15) is 9.59 Å². The summed E-state index contributed by atoms with van der Waals surface area (Å²) in [4.78, 5) is 23.3. The summed E-state index contributed by atoms with van der Waals surface area (Å²) in [6, 6.07) is -0.386. The highest BCUT2D eigenvalue weighted by molar-refractivity contribution is 5.74. The third-order valence-corrected chi connectivity index (χ3v) is 2.84. The molecule has 0 aromatic carbocycles. The largest absolute Gasteiger partial charge is 0.481 e. The number of aliphatic carboxylic acids is 1. The van der Waals surface area contributed by atoms with E-state index in [1.165, 1.54) is 4.90 Å². The van der Waals surface area contributed by atoms with Crippen molar-refractivity contribution >= 4 is 12.0 Å². The molecule has 0 saturated heterocycles. The van der Waals surface area contributed by atoms with Crippen molar-refractivity contribution in [1.29, 1.82) is 0 Å². The van der Waals surface area contributed by atoms with Crippen molar-refractivity contribution in [3.63, 3.8) is 0 Å². The fourth-order valence-electron chi connectivity index (χ4n) is 1.40. The molecule has 0 aliphatic heterocycles. The maximum absolute atomic E-state index is 11.5. The van der Waals surface area contributed by atoms with Gasteiger partial charge in [0.2, 0.25) is 0 Å². The summed E-state index contributed by atoms with van der Waals surface area (Å²) in [5.41, 5.74) is 0. The summed E-state index contributed by atoms with van der Waals surface area (Å²) in [6.07, 6.45) is 3.51. The van der Waals surface area contributed by atoms with E-state index in [2.05, 4.69) is 5.32 Å². The quantitative estimate of drug-likeness (QED) is 0.540. The van der Waals surface area contributed by atoms with E-state index in [-0.39, 0.29) is 25.1 Å². The SMILES string of the molecule is CC(CO)N(C)C(=O)NCCCCCCC(=O)O. The minimum atomic E-state index is -0.761. The van der Waals surface area contributed by atoms with Gasteiger partial charge in [-0.1, -0.05) is 12.8 Å². The topological polar surface area (TPSA) is 89.9 Å². The zero-order valence-corrected chi connectivity index (χ0v) is 11.2. The van der Waals surface area contributed by atoms with Crippen LogP contribution in [0.25, 0.3) is 0 Å². The van der Waals surface area contributed by atoms with Gasteiger partial charge in [-0.2, -0.15) is 0 Å². The Balaban J connectivity index is 3.49. The first kappa shape index (κ1) is 16.7. The highest BCUT2D eigenvalue weighted by Gasteiger charge is 2.13. The molecule has 0 heterocycles. The summed E-state index contributed by atoms with van der Waals surface area (Å²) in [5, 5.41) is 20.1. The monoisotopic (exact) mass is 260 g/mol. The molecular formula is C12H24N2O4. The molecule has 6 nitrogen and oxygen atoms in total. The Kier molecular flexibility index (Phi) is 9.00. The zero-order chi connectivity index (χ0) is 14.0. The van der Waals surface area contributed by atoms with Crippen LogP contribution in [0, 0.1) is 0 Å². The lowest BCUT2D eigenvalue weighted by atomic mass is 10.1. The Labute approximate surface area is 108 Å². The molecule has 0 aliphatic rings. The number of amides is 2. The van der Waals surface area contributed by atoms with Gasteiger partial charge in [0.15, 0.2) is 0 Å². The van der Waals surface area contributed by atoms with Gasteiger partial charge in [-0.05, 0) is 19.8 Å². The number of rotatable bonds is 9. The second-order valence-electron chi connectivity index (χ2n) is 4.43. The highest BCUT2D eigenvalue weighted by atomic mass is 16.4. The number of carboxylic acid groups (broad SMARTS) is 1. The molecule has 3 N–H and O–H groups in total. The van der Waals surface area contributed by atoms with Gasteiger partial charge < -0.3 is 20.4 Å². The Morgan fingerprint density at radius 1 is 1.22 bits per heavy atom. The van der Waals surface area contributed by atoms with Crippen LogP contribution in [0.5, 0.6) is 0 Å². The predicted octanol–water partition coefficient (Wildman–Crippen LogP) is 1.04. The molecule has 1 unspecified atom stereocenters. The van der Waals surface area contributed by atoms with Crippen LogP contribution in [0.3, 0.4) is 0 Å². The number of carbonyl (C=O) groups is 2. The minimum absolute atomic E-state index is 0.0564. The second-order valence-corrected chi connectivity index (χ2v) is 4.43. The molecule has 1 atom stereocenters. The second kappa shape index (κ2) is 9.70. The molecule has 0 saturated carbocycles. The van der Waals surface area contributed by atoms with Crippen molar-refractivity contribution in [2.24, 2.45) is 0 Å². The Morgan fingerprint density at radius 3 is 2.39 bits per heavy atom. The summed E-state index contributed by atoms with van der Waals surface area (Å²) in [5.74, 6) is -0.761. The van der Waals surface area contributed by atoms with Crippen molar-refractivity contribution in [2.45, 2.75) is 45.1 Å². The summed E-state index contributed by atoms with van der Waals surface area (Å²) in [7, 11) is 1.64. The molecular weight excluding hydrogens is 236 g/mol. The van der Waals surface area contributed by atoms with Crippen LogP contribution in [-0.2, 0) is 4.79 Å². The van der Waals surface area contributed by atoms with E-state index in [4.69, 9.17) is 10.2 Å². The maximum Gasteiger partial charge on any atom is 0.317 e. The Bertz CT molecular complexity index is 258. The third-order valence-electron chi connectivity index (χ3n) is 2.84. The number of carboxylic acids is 1. The summed E-state index contributed by atoms with van der Waals surface area (Å²) >= 11 is 0. The van der Waals surface area contributed by atoms with E-state index in [0.29, 0.717) is 13.0 Å². The van der Waals surface area contributed by atoms with Crippen molar-refractivity contribution in [3.8, 4) is 0 Å². The standard InChI is InChI=1S/C12H24N2O4/c1-10(9-15)14(2)12(18)13-8-6-4-3-5-7-11(16)17/h10,15H,3-9H2,1-2H3,(H,13,18)(H,16,17). The number of likely N-dealkylation sites (N-methyl/N-ethyl adjacent to an activating group) is 1. The van der Waals surface area contributed by atoms with Crippen LogP contribution in [0.1, 0.15) is 39.0 Å². The number of unbranched alkanes of at least 4 members (excludes halogenated alkanes) is 3. The number of nitrogens with zero attached hydrogens (tertiary/aromatic N) is 1. The lowest BCUT2D eigenvalue weighted by molar-refractivity contribution is -0.137. The van der Waals surface area contributed by atoms with Crippen molar-refractivity contribution < 1.29 is 19.8 Å². The number of aliphatic hydroxyl groups excluding tert-OH is 1. The van der Waals surface area contributed by atoms with Gasteiger partial charge in [0, 0.05) is 20.0 Å². The number of nitrogens with one attached hydrogen (secondary N) is 1. The lowest BCUT2D eigenvalue weighted by Gasteiger charge is -2.23. The summed E-state index contributed by atoms with van der Waals surface area (Å²) in [6.45, 7) is 2.29. The molecule has 0 aromatic heterocycles. The number of aliphatic hydroxyl groups is 1. The Morgan fingerprint density at radius 2 is 1.83 bits per heavy atom. The van der Waals surface area contributed by atoms with Crippen LogP contribution < -0.4 is 5.32 Å². The molecule has 2 amide bonds. The van der Waals surface area contributed by atoms with Crippen molar-refractivity contribution in [2.75, 3.05) is 20.2 Å². The van der Waals surface area contributed by atoms with Gasteiger partial charge in [0.05, 0.1) is 12.6 Å². The first-order valence-electron chi connectivity index (χ1n) is 6.32. The maximum atomic E-state index is 11.5. The average molecular weight is 260 g/mol. The van der Waals surface area contributed by atoms with Crippen molar-refractivity contribution in [1.82, 2.24) is 10.2 Å². The first-order valence-corrected chi connectivity index (χ1v) is 6.32. The number of hydrogen-bond donors (Lipinski definition) is 3. The van der Waals surface area contributed by atoms with Crippen molar-refractivity contribution in [3.05, 3.63) is 0 Å². The van der Waals surface area contributed by atoms with Crippen LogP contribution >= 0.6 is 0 Å². The minimum Gasteiger partial charge on any atom is -0.481 e. The molecule has 18 heavy (non-hydrogen) atoms. The molecule has 106 valence electrons. The van der Waals surface area contributed by atoms with E-state index in [0.717, 1.165) is 19.3 Å². The normalized spacial score (nSPS) is 11.9. The fourth-order valence-corrected chi connectivity index (χ4v) is 1.40. The molecule has 0 radical (unpaired) electrons. The van der Waals surface area contributed by atoms with Crippen LogP contribution in [0.4, 0.5) is 4.79 Å². The summed E-state index contributed by atoms with van der Waals surface area (Å²) < 4.78 is 0. The van der Waals surface area contributed by atoms with Crippen LogP contribution in [-0.4, -0.2) is 53.4 Å². The molecule has 0 aromatic rings. The van der Waals surface area contributed by atoms with Gasteiger partial charge in [-0.25, -0.2) is 4.79 Å².